The Morgan fingerprint density at radius 2 is 1.83 bits per heavy atom. The van der Waals surface area contributed by atoms with Crippen molar-refractivity contribution in [3.8, 4) is 6.07 Å². The van der Waals surface area contributed by atoms with Crippen LogP contribution in [0, 0.1) is 16.7 Å². The van der Waals surface area contributed by atoms with Crippen molar-refractivity contribution >= 4 is 23.1 Å². The summed E-state index contributed by atoms with van der Waals surface area (Å²) >= 11 is 0. The van der Waals surface area contributed by atoms with E-state index in [-0.39, 0.29) is 17.1 Å². The number of hydrogen-bond acceptors (Lipinski definition) is 4. The van der Waals surface area contributed by atoms with Gasteiger partial charge >= 0.3 is 0 Å². The molecule has 1 aliphatic carbocycles. The number of amides is 1. The highest BCUT2D eigenvalue weighted by atomic mass is 16.2. The van der Waals surface area contributed by atoms with Crippen molar-refractivity contribution in [1.82, 2.24) is 0 Å². The number of benzene rings is 2. The third-order valence-corrected chi connectivity index (χ3v) is 5.60. The second kappa shape index (κ2) is 6.89. The predicted octanol–water partition coefficient (Wildman–Crippen LogP) is 4.72. The summed E-state index contributed by atoms with van der Waals surface area (Å²) in [6, 6.07) is 16.4. The molecule has 4 rings (SSSR count). The Kier molecular flexibility index (Phi) is 4.50. The number of Topliss-reactive ketones (excluding diaryl/α,β-unsaturated/α-hetero) is 1. The van der Waals surface area contributed by atoms with Crippen molar-refractivity contribution in [2.24, 2.45) is 5.41 Å². The molecule has 1 N–H and O–H groups in total. The molecule has 146 valence electrons. The molecule has 1 heterocycles. The van der Waals surface area contributed by atoms with Gasteiger partial charge in [0.2, 0.25) is 5.91 Å². The summed E-state index contributed by atoms with van der Waals surface area (Å²) in [4.78, 5) is 27.9. The van der Waals surface area contributed by atoms with Crippen molar-refractivity contribution in [2.75, 3.05) is 10.2 Å². The quantitative estimate of drug-likeness (QED) is 0.771. The second-order valence-corrected chi connectivity index (χ2v) is 8.50. The van der Waals surface area contributed by atoms with E-state index in [1.165, 1.54) is 6.92 Å². The second-order valence-electron chi connectivity index (χ2n) is 8.50. The number of carbonyl (C=O) groups is 2. The molecule has 1 aliphatic heterocycles. The zero-order valence-corrected chi connectivity index (χ0v) is 16.8. The molecule has 5 heteroatoms. The van der Waals surface area contributed by atoms with Gasteiger partial charge in [-0.05, 0) is 41.7 Å². The molecule has 2 aromatic carbocycles. The number of hydrogen-bond donors (Lipinski definition) is 1. The number of nitrogens with one attached hydrogen (secondary N) is 1. The van der Waals surface area contributed by atoms with E-state index in [9.17, 15) is 9.59 Å². The molecular weight excluding hydrogens is 362 g/mol. The van der Waals surface area contributed by atoms with Gasteiger partial charge < -0.3 is 5.32 Å². The zero-order chi connectivity index (χ0) is 20.8. The lowest BCUT2D eigenvalue weighted by molar-refractivity contribution is -0.118. The fourth-order valence-electron chi connectivity index (χ4n) is 4.39. The van der Waals surface area contributed by atoms with Gasteiger partial charge in [-0.15, -0.1) is 0 Å². The lowest BCUT2D eigenvalue weighted by atomic mass is 9.73. The monoisotopic (exact) mass is 385 g/mol. The average Bonchev–Trinajstić information content (AvgIpc) is 2.81. The van der Waals surface area contributed by atoms with Crippen LogP contribution in [0.1, 0.15) is 50.8 Å². The molecule has 2 aromatic rings. The van der Waals surface area contributed by atoms with Crippen molar-refractivity contribution in [2.45, 2.75) is 39.7 Å². The fraction of sp³-hybridized carbons (Fsp3) is 0.292. The van der Waals surface area contributed by atoms with Crippen LogP contribution in [0.3, 0.4) is 0 Å². The molecule has 0 saturated heterocycles. The Bertz CT molecular complexity index is 1070. The van der Waals surface area contributed by atoms with E-state index in [1.54, 1.807) is 17.0 Å². The first kappa shape index (κ1) is 18.9. The Morgan fingerprint density at radius 1 is 1.14 bits per heavy atom. The van der Waals surface area contributed by atoms with Gasteiger partial charge in [0.15, 0.2) is 5.78 Å². The maximum Gasteiger partial charge on any atom is 0.224 e. The number of fused-ring (bicyclic) bond motifs is 1. The van der Waals surface area contributed by atoms with Gasteiger partial charge in [-0.1, -0.05) is 38.1 Å². The molecule has 0 fully saturated rings. The van der Waals surface area contributed by atoms with Crippen LogP contribution >= 0.6 is 0 Å². The summed E-state index contributed by atoms with van der Waals surface area (Å²) in [6.45, 7) is 5.70. The third kappa shape index (κ3) is 3.31. The lowest BCUT2D eigenvalue weighted by Gasteiger charge is -2.36. The van der Waals surface area contributed by atoms with Crippen LogP contribution in [0.25, 0.3) is 0 Å². The number of rotatable bonds is 1. The van der Waals surface area contributed by atoms with Gasteiger partial charge in [-0.3, -0.25) is 14.5 Å². The summed E-state index contributed by atoms with van der Waals surface area (Å²) in [5.74, 6) is -0.0860. The normalized spacial score (nSPS) is 20.1. The number of allylic oxidation sites excluding steroid dienone is 1. The molecule has 0 aromatic heterocycles. The molecule has 0 bridgehead atoms. The van der Waals surface area contributed by atoms with Crippen molar-refractivity contribution in [3.05, 3.63) is 70.9 Å². The number of nitriles is 1. The van der Waals surface area contributed by atoms with Crippen LogP contribution in [-0.4, -0.2) is 11.7 Å². The number of para-hydroxylation sites is 2. The maximum atomic E-state index is 13.3. The van der Waals surface area contributed by atoms with Crippen molar-refractivity contribution in [3.63, 3.8) is 0 Å². The van der Waals surface area contributed by atoms with E-state index >= 15 is 0 Å². The Morgan fingerprint density at radius 3 is 2.48 bits per heavy atom. The molecule has 0 radical (unpaired) electrons. The first-order chi connectivity index (χ1) is 13.8. The standard InChI is InChI=1S/C24H23N3O2/c1-15(28)27-20-7-5-4-6-18(20)26-19-12-24(2,3)13-21(29)22(19)23(27)17-10-8-16(14-25)9-11-17/h4-11,23,26H,12-13H2,1-3H3/t23-/m0/s1. The third-order valence-electron chi connectivity index (χ3n) is 5.60. The van der Waals surface area contributed by atoms with E-state index in [0.29, 0.717) is 17.6 Å². The smallest absolute Gasteiger partial charge is 0.224 e. The predicted molar refractivity (Wildman–Crippen MR) is 112 cm³/mol. The van der Waals surface area contributed by atoms with Gasteiger partial charge in [-0.2, -0.15) is 5.26 Å². The molecule has 0 unspecified atom stereocenters. The van der Waals surface area contributed by atoms with Gasteiger partial charge in [0, 0.05) is 24.6 Å². The number of ketones is 1. The van der Waals surface area contributed by atoms with E-state index < -0.39 is 6.04 Å². The Balaban J connectivity index is 1.99. The maximum absolute atomic E-state index is 13.3. The highest BCUT2D eigenvalue weighted by Crippen LogP contribution is 2.48. The molecular formula is C24H23N3O2. The Labute approximate surface area is 170 Å². The lowest BCUT2D eigenvalue weighted by Crippen LogP contribution is -2.38. The van der Waals surface area contributed by atoms with Gasteiger partial charge in [0.1, 0.15) is 0 Å². The van der Waals surface area contributed by atoms with Gasteiger partial charge in [0.05, 0.1) is 29.0 Å². The SMILES string of the molecule is CC(=O)N1c2ccccc2NC2=C(C(=O)CC(C)(C)C2)[C@@H]1c1ccc(C#N)cc1. The minimum absolute atomic E-state index is 0.0529. The topological polar surface area (TPSA) is 73.2 Å². The largest absolute Gasteiger partial charge is 0.357 e. The Hall–Kier alpha value is -3.39. The highest BCUT2D eigenvalue weighted by molar-refractivity contribution is 6.05. The minimum Gasteiger partial charge on any atom is -0.357 e. The summed E-state index contributed by atoms with van der Waals surface area (Å²) in [7, 11) is 0. The minimum atomic E-state index is -0.532. The van der Waals surface area contributed by atoms with E-state index in [1.807, 2.05) is 36.4 Å². The summed E-state index contributed by atoms with van der Waals surface area (Å²) in [5, 5.41) is 12.6. The average molecular weight is 385 g/mol. The molecule has 5 nitrogen and oxygen atoms in total. The van der Waals surface area contributed by atoms with Crippen LogP contribution < -0.4 is 10.2 Å². The number of nitrogens with zero attached hydrogens (tertiary/aromatic N) is 2. The first-order valence-electron chi connectivity index (χ1n) is 9.73. The van der Waals surface area contributed by atoms with Crippen LogP contribution in [0.2, 0.25) is 0 Å². The van der Waals surface area contributed by atoms with E-state index in [4.69, 9.17) is 5.26 Å². The molecule has 29 heavy (non-hydrogen) atoms. The van der Waals surface area contributed by atoms with Gasteiger partial charge in [-0.25, -0.2) is 0 Å². The zero-order valence-electron chi connectivity index (χ0n) is 16.8. The van der Waals surface area contributed by atoms with Crippen molar-refractivity contribution < 1.29 is 9.59 Å². The molecule has 2 aliphatic rings. The molecule has 1 amide bonds. The van der Waals surface area contributed by atoms with Crippen LogP contribution in [-0.2, 0) is 9.59 Å². The highest BCUT2D eigenvalue weighted by Gasteiger charge is 2.42. The fourth-order valence-corrected chi connectivity index (χ4v) is 4.39. The number of carbonyl (C=O) groups excluding carboxylic acids is 2. The summed E-state index contributed by atoms with van der Waals surface area (Å²) in [6.07, 6.45) is 1.16. The van der Waals surface area contributed by atoms with Gasteiger partial charge in [0.25, 0.3) is 0 Å². The first-order valence-corrected chi connectivity index (χ1v) is 9.73. The molecule has 0 spiro atoms. The van der Waals surface area contributed by atoms with E-state index in [0.717, 1.165) is 29.1 Å². The molecule has 0 saturated carbocycles. The summed E-state index contributed by atoms with van der Waals surface area (Å²) in [5.41, 5.74) is 4.28. The summed E-state index contributed by atoms with van der Waals surface area (Å²) < 4.78 is 0. The van der Waals surface area contributed by atoms with Crippen LogP contribution in [0.4, 0.5) is 11.4 Å². The van der Waals surface area contributed by atoms with Crippen LogP contribution in [0.15, 0.2) is 59.8 Å². The molecule has 1 atom stereocenters. The van der Waals surface area contributed by atoms with Crippen LogP contribution in [0.5, 0.6) is 0 Å². The van der Waals surface area contributed by atoms with Crippen molar-refractivity contribution in [1.29, 1.82) is 5.26 Å². The number of anilines is 2. The van der Waals surface area contributed by atoms with E-state index in [2.05, 4.69) is 25.2 Å².